The smallest absolute Gasteiger partial charge is 0.132 e. The molecule has 5 heteroatoms. The molecule has 0 aliphatic carbocycles. The maximum Gasteiger partial charge on any atom is 0.132 e. The van der Waals surface area contributed by atoms with Gasteiger partial charge in [0.05, 0.1) is 17.4 Å². The summed E-state index contributed by atoms with van der Waals surface area (Å²) in [4.78, 5) is 15.6. The van der Waals surface area contributed by atoms with Gasteiger partial charge in [-0.2, -0.15) is 5.10 Å². The first-order valence-corrected chi connectivity index (χ1v) is 7.40. The van der Waals surface area contributed by atoms with E-state index in [2.05, 4.69) is 15.2 Å². The van der Waals surface area contributed by atoms with Crippen LogP contribution in [0, 0.1) is 5.92 Å². The minimum atomic E-state index is 0.0880. The monoisotopic (exact) mass is 298 g/mol. The van der Waals surface area contributed by atoms with Gasteiger partial charge >= 0.3 is 0 Å². The summed E-state index contributed by atoms with van der Waals surface area (Å²) < 4.78 is 0. The van der Waals surface area contributed by atoms with E-state index in [9.17, 15) is 4.79 Å². The van der Waals surface area contributed by atoms with E-state index in [-0.39, 0.29) is 11.7 Å². The molecule has 116 valence electrons. The van der Waals surface area contributed by atoms with E-state index in [1.54, 1.807) is 13.1 Å². The maximum atomic E-state index is 11.2. The highest BCUT2D eigenvalue weighted by molar-refractivity contribution is 5.94. The quantitative estimate of drug-likeness (QED) is 0.632. The van der Waals surface area contributed by atoms with Gasteiger partial charge in [-0.1, -0.05) is 12.5 Å². The number of fused-ring (bicyclic) bond motifs is 1. The van der Waals surface area contributed by atoms with Crippen molar-refractivity contribution in [1.29, 1.82) is 0 Å². The predicted octanol–water partition coefficient (Wildman–Crippen LogP) is 3.50. The first-order chi connectivity index (χ1) is 10.5. The number of aromatic amines is 1. The van der Waals surface area contributed by atoms with Gasteiger partial charge < -0.3 is 5.73 Å². The molecule has 2 rings (SSSR count). The van der Waals surface area contributed by atoms with Crippen LogP contribution in [0.1, 0.15) is 33.6 Å². The van der Waals surface area contributed by atoms with E-state index in [4.69, 9.17) is 5.73 Å². The Balaban J connectivity index is 2.04. The van der Waals surface area contributed by atoms with Crippen molar-refractivity contribution in [3.63, 3.8) is 0 Å². The number of ketones is 1. The van der Waals surface area contributed by atoms with Gasteiger partial charge in [-0.15, -0.1) is 0 Å². The van der Waals surface area contributed by atoms with Crippen molar-refractivity contribution >= 4 is 28.2 Å². The van der Waals surface area contributed by atoms with E-state index in [0.717, 1.165) is 35.0 Å². The molecule has 0 bridgehead atoms. The molecule has 3 N–H and O–H groups in total. The Labute approximate surface area is 130 Å². The number of hydrogen-bond acceptors (Lipinski definition) is 3. The molecule has 2 aromatic rings. The first-order valence-electron chi connectivity index (χ1n) is 7.40. The Kier molecular flexibility index (Phi) is 5.09. The van der Waals surface area contributed by atoms with Crippen molar-refractivity contribution in [2.24, 2.45) is 16.6 Å². The fraction of sp³-hybridized carbons (Fsp3) is 0.353. The second-order valence-corrected chi connectivity index (χ2v) is 5.72. The van der Waals surface area contributed by atoms with Crippen LogP contribution in [0.4, 0.5) is 5.69 Å². The van der Waals surface area contributed by atoms with Gasteiger partial charge in [0.2, 0.25) is 0 Å². The lowest BCUT2D eigenvalue weighted by Gasteiger charge is -2.07. The van der Waals surface area contributed by atoms with Crippen molar-refractivity contribution in [3.8, 4) is 0 Å². The lowest BCUT2D eigenvalue weighted by Crippen LogP contribution is -2.09. The van der Waals surface area contributed by atoms with Crippen LogP contribution in [0.5, 0.6) is 0 Å². The van der Waals surface area contributed by atoms with Crippen LogP contribution >= 0.6 is 0 Å². The molecular formula is C17H22N4O. The number of aliphatic imine (C=N–C) groups is 1. The van der Waals surface area contributed by atoms with Crippen LogP contribution in [0.2, 0.25) is 0 Å². The van der Waals surface area contributed by atoms with Gasteiger partial charge in [0.25, 0.3) is 0 Å². The number of carbonyl (C=O) groups is 1. The fourth-order valence-corrected chi connectivity index (χ4v) is 2.15. The van der Waals surface area contributed by atoms with E-state index >= 15 is 0 Å². The molecule has 0 amide bonds. The summed E-state index contributed by atoms with van der Waals surface area (Å²) in [5.74, 6) is 0.781. The molecule has 0 spiro atoms. The Hall–Kier alpha value is -2.43. The minimum Gasteiger partial charge on any atom is -0.384 e. The molecule has 0 fully saturated rings. The summed E-state index contributed by atoms with van der Waals surface area (Å²) in [7, 11) is 0. The van der Waals surface area contributed by atoms with Gasteiger partial charge in [-0.25, -0.2) is 4.99 Å². The Morgan fingerprint density at radius 2 is 2.23 bits per heavy atom. The van der Waals surface area contributed by atoms with Crippen LogP contribution in [0.15, 0.2) is 41.0 Å². The lowest BCUT2D eigenvalue weighted by atomic mass is 9.98. The van der Waals surface area contributed by atoms with E-state index in [0.29, 0.717) is 5.84 Å². The summed E-state index contributed by atoms with van der Waals surface area (Å²) in [5.41, 5.74) is 8.87. The number of nitrogens with two attached hydrogens (primary N) is 1. The average molecular weight is 298 g/mol. The number of aromatic nitrogens is 2. The zero-order valence-electron chi connectivity index (χ0n) is 13.3. The summed E-state index contributed by atoms with van der Waals surface area (Å²) >= 11 is 0. The third-order valence-corrected chi connectivity index (χ3v) is 3.74. The molecule has 1 unspecified atom stereocenters. The largest absolute Gasteiger partial charge is 0.384 e. The Morgan fingerprint density at radius 3 is 2.95 bits per heavy atom. The van der Waals surface area contributed by atoms with Crippen LogP contribution in [0.3, 0.4) is 0 Å². The highest BCUT2D eigenvalue weighted by atomic mass is 16.1. The topological polar surface area (TPSA) is 84.1 Å². The SMILES string of the molecule is CC(=O)C(C)CC/C(C)=C\C(N)=Nc1ccc2[nH]ncc2c1. The summed E-state index contributed by atoms with van der Waals surface area (Å²) in [6, 6.07) is 5.76. The molecule has 0 radical (unpaired) electrons. The lowest BCUT2D eigenvalue weighted by molar-refractivity contribution is -0.120. The van der Waals surface area contributed by atoms with Crippen LogP contribution in [-0.4, -0.2) is 21.8 Å². The number of nitrogens with one attached hydrogen (secondary N) is 1. The van der Waals surface area contributed by atoms with Crippen molar-refractivity contribution in [1.82, 2.24) is 10.2 Å². The number of H-pyrrole nitrogens is 1. The summed E-state index contributed by atoms with van der Waals surface area (Å²) in [6.07, 6.45) is 5.31. The molecule has 0 saturated carbocycles. The molecule has 1 heterocycles. The minimum absolute atomic E-state index is 0.0880. The second-order valence-electron chi connectivity index (χ2n) is 5.72. The summed E-state index contributed by atoms with van der Waals surface area (Å²) in [6.45, 7) is 5.59. The third kappa shape index (κ3) is 4.28. The van der Waals surface area contributed by atoms with Crippen LogP contribution in [0.25, 0.3) is 10.9 Å². The molecule has 1 atom stereocenters. The van der Waals surface area contributed by atoms with E-state index in [1.807, 2.05) is 38.1 Å². The summed E-state index contributed by atoms with van der Waals surface area (Å²) in [5, 5.41) is 7.88. The highest BCUT2D eigenvalue weighted by Gasteiger charge is 2.07. The van der Waals surface area contributed by atoms with Crippen molar-refractivity contribution in [3.05, 3.63) is 36.0 Å². The zero-order chi connectivity index (χ0) is 16.1. The normalized spacial score (nSPS) is 14.3. The number of allylic oxidation sites excluding steroid dienone is 1. The van der Waals surface area contributed by atoms with Crippen LogP contribution in [-0.2, 0) is 4.79 Å². The van der Waals surface area contributed by atoms with Crippen molar-refractivity contribution in [2.75, 3.05) is 0 Å². The van der Waals surface area contributed by atoms with Crippen molar-refractivity contribution < 1.29 is 4.79 Å². The molecule has 1 aromatic heterocycles. The van der Waals surface area contributed by atoms with Gasteiger partial charge in [-0.3, -0.25) is 9.89 Å². The Bertz CT molecular complexity index is 727. The van der Waals surface area contributed by atoms with E-state index in [1.165, 1.54) is 0 Å². The van der Waals surface area contributed by atoms with Crippen molar-refractivity contribution in [2.45, 2.75) is 33.6 Å². The first kappa shape index (κ1) is 15.9. The number of carbonyl (C=O) groups excluding carboxylic acids is 1. The average Bonchev–Trinajstić information content (AvgIpc) is 2.91. The standard InChI is InChI=1S/C17H22N4O/c1-11(4-5-12(2)13(3)22)8-17(18)20-15-6-7-16-14(9-15)10-19-21-16/h6-10,12H,4-5H2,1-3H3,(H2,18,20)(H,19,21)/b11-8-. The van der Waals surface area contributed by atoms with Gasteiger partial charge in [0.15, 0.2) is 0 Å². The molecule has 0 aliphatic heterocycles. The molecule has 5 nitrogen and oxygen atoms in total. The van der Waals surface area contributed by atoms with Crippen LogP contribution < -0.4 is 5.73 Å². The van der Waals surface area contributed by atoms with E-state index < -0.39 is 0 Å². The fourth-order valence-electron chi connectivity index (χ4n) is 2.15. The Morgan fingerprint density at radius 1 is 1.45 bits per heavy atom. The number of amidine groups is 1. The molecule has 0 aliphatic rings. The number of benzene rings is 1. The maximum absolute atomic E-state index is 11.2. The number of nitrogens with zero attached hydrogens (tertiary/aromatic N) is 2. The van der Waals surface area contributed by atoms with Gasteiger partial charge in [-0.05, 0) is 51.0 Å². The number of hydrogen-bond donors (Lipinski definition) is 2. The highest BCUT2D eigenvalue weighted by Crippen LogP contribution is 2.19. The second kappa shape index (κ2) is 7.02. The number of rotatable bonds is 6. The molecule has 22 heavy (non-hydrogen) atoms. The van der Waals surface area contributed by atoms with Gasteiger partial charge in [0, 0.05) is 11.3 Å². The molecule has 1 aromatic carbocycles. The zero-order valence-corrected chi connectivity index (χ0v) is 13.3. The predicted molar refractivity (Wildman–Crippen MR) is 90.2 cm³/mol. The number of Topliss-reactive ketones (excluding diaryl/α,β-unsaturated/α-hetero) is 1. The van der Waals surface area contributed by atoms with Gasteiger partial charge in [0.1, 0.15) is 11.6 Å². The third-order valence-electron chi connectivity index (χ3n) is 3.74. The molecular weight excluding hydrogens is 276 g/mol. The molecule has 0 saturated heterocycles.